The van der Waals surface area contributed by atoms with Gasteiger partial charge in [-0.3, -0.25) is 0 Å². The van der Waals surface area contributed by atoms with Gasteiger partial charge < -0.3 is 30.0 Å². The van der Waals surface area contributed by atoms with Crippen molar-refractivity contribution in [3.63, 3.8) is 0 Å². The summed E-state index contributed by atoms with van der Waals surface area (Å²) >= 11 is 0. The second-order valence-corrected chi connectivity index (χ2v) is 7.92. The van der Waals surface area contributed by atoms with Crippen molar-refractivity contribution in [3.05, 3.63) is 65.7 Å². The first-order valence-corrected chi connectivity index (χ1v) is 9.92. The van der Waals surface area contributed by atoms with E-state index in [9.17, 15) is 19.5 Å². The van der Waals surface area contributed by atoms with Gasteiger partial charge >= 0.3 is 18.2 Å². The van der Waals surface area contributed by atoms with Gasteiger partial charge in [0.25, 0.3) is 0 Å². The van der Waals surface area contributed by atoms with Gasteiger partial charge in [-0.05, 0) is 44.0 Å². The van der Waals surface area contributed by atoms with E-state index in [0.29, 0.717) is 11.3 Å². The third-order valence-electron chi connectivity index (χ3n) is 4.23. The molecule has 0 spiro atoms. The molecule has 0 aliphatic heterocycles. The Morgan fingerprint density at radius 3 is 2.09 bits per heavy atom. The highest BCUT2D eigenvalue weighted by Gasteiger charge is 2.34. The minimum absolute atomic E-state index is 0.0360. The van der Waals surface area contributed by atoms with Crippen LogP contribution < -0.4 is 15.4 Å². The standard InChI is InChI=1S/C23H28N2O7/c1-23(2,3)32-22(29)24-18(16-10-12-17(30-4)13-11-16)19(20(26)27)25-21(28)31-14-15-8-6-5-7-9-15/h5-13,18-19H,14H2,1-4H3,(H,24,29)(H,25,28)(H,26,27)/t18-,19+/m1/s1. The van der Waals surface area contributed by atoms with Gasteiger partial charge in [0.15, 0.2) is 6.04 Å². The number of benzene rings is 2. The zero-order chi connectivity index (χ0) is 23.7. The third kappa shape index (κ3) is 7.82. The first kappa shape index (κ1) is 24.5. The zero-order valence-electron chi connectivity index (χ0n) is 18.5. The molecule has 172 valence electrons. The number of alkyl carbamates (subject to hydrolysis) is 2. The minimum atomic E-state index is -1.53. The van der Waals surface area contributed by atoms with Crippen molar-refractivity contribution >= 4 is 18.2 Å². The Labute approximate surface area is 186 Å². The van der Waals surface area contributed by atoms with Gasteiger partial charge in [0.2, 0.25) is 0 Å². The Morgan fingerprint density at radius 1 is 0.938 bits per heavy atom. The van der Waals surface area contributed by atoms with Crippen molar-refractivity contribution < 1.29 is 33.7 Å². The highest BCUT2D eigenvalue weighted by molar-refractivity contribution is 5.82. The molecule has 0 bridgehead atoms. The average Bonchev–Trinajstić information content (AvgIpc) is 2.74. The van der Waals surface area contributed by atoms with E-state index in [2.05, 4.69) is 10.6 Å². The fraction of sp³-hybridized carbons (Fsp3) is 0.348. The Kier molecular flexibility index (Phi) is 8.46. The number of hydrogen-bond donors (Lipinski definition) is 3. The van der Waals surface area contributed by atoms with Crippen LogP contribution in [0.2, 0.25) is 0 Å². The number of carboxylic acid groups (broad SMARTS) is 1. The molecule has 0 saturated carbocycles. The summed E-state index contributed by atoms with van der Waals surface area (Å²) in [6, 6.07) is 12.7. The second-order valence-electron chi connectivity index (χ2n) is 7.92. The Morgan fingerprint density at radius 2 is 1.56 bits per heavy atom. The lowest BCUT2D eigenvalue weighted by molar-refractivity contribution is -0.140. The molecule has 3 N–H and O–H groups in total. The molecular formula is C23H28N2O7. The molecule has 0 saturated heterocycles. The van der Waals surface area contributed by atoms with Gasteiger partial charge in [-0.15, -0.1) is 0 Å². The van der Waals surface area contributed by atoms with Crippen LogP contribution in [0.4, 0.5) is 9.59 Å². The predicted molar refractivity (Wildman–Crippen MR) is 116 cm³/mol. The van der Waals surface area contributed by atoms with Gasteiger partial charge in [-0.25, -0.2) is 14.4 Å². The summed E-state index contributed by atoms with van der Waals surface area (Å²) in [6.07, 6.45) is -1.77. The number of aliphatic carboxylic acids is 1. The summed E-state index contributed by atoms with van der Waals surface area (Å²) in [7, 11) is 1.50. The number of methoxy groups -OCH3 is 1. The Hall–Kier alpha value is -3.75. The lowest BCUT2D eigenvalue weighted by atomic mass is 9.99. The highest BCUT2D eigenvalue weighted by atomic mass is 16.6. The quantitative estimate of drug-likeness (QED) is 0.568. The third-order valence-corrected chi connectivity index (χ3v) is 4.23. The summed E-state index contributed by atoms with van der Waals surface area (Å²) in [4.78, 5) is 36.7. The van der Waals surface area contributed by atoms with Crippen LogP contribution in [0.1, 0.15) is 37.9 Å². The number of ether oxygens (including phenoxy) is 3. The molecule has 0 radical (unpaired) electrons. The molecule has 0 aliphatic rings. The van der Waals surface area contributed by atoms with E-state index in [1.807, 2.05) is 6.07 Å². The molecule has 2 amide bonds. The molecule has 9 nitrogen and oxygen atoms in total. The second kappa shape index (κ2) is 11.0. The fourth-order valence-electron chi connectivity index (χ4n) is 2.78. The lowest BCUT2D eigenvalue weighted by Crippen LogP contribution is -2.51. The number of carbonyl (C=O) groups is 3. The maximum Gasteiger partial charge on any atom is 0.408 e. The van der Waals surface area contributed by atoms with Crippen LogP contribution in [-0.4, -0.2) is 42.0 Å². The number of amides is 2. The first-order chi connectivity index (χ1) is 15.1. The van der Waals surface area contributed by atoms with E-state index >= 15 is 0 Å². The topological polar surface area (TPSA) is 123 Å². The summed E-state index contributed by atoms with van der Waals surface area (Å²) in [5.74, 6) is -0.814. The van der Waals surface area contributed by atoms with Crippen molar-refractivity contribution in [3.8, 4) is 5.75 Å². The first-order valence-electron chi connectivity index (χ1n) is 9.92. The largest absolute Gasteiger partial charge is 0.497 e. The molecule has 0 aliphatic carbocycles. The van der Waals surface area contributed by atoms with Gasteiger partial charge in [0.05, 0.1) is 13.2 Å². The number of carboxylic acids is 1. The van der Waals surface area contributed by atoms with Gasteiger partial charge in [0, 0.05) is 0 Å². The maximum atomic E-state index is 12.4. The monoisotopic (exact) mass is 444 g/mol. The van der Waals surface area contributed by atoms with E-state index < -0.39 is 35.8 Å². The van der Waals surface area contributed by atoms with Crippen LogP contribution in [-0.2, 0) is 20.9 Å². The van der Waals surface area contributed by atoms with Gasteiger partial charge in [0.1, 0.15) is 18.0 Å². The number of hydrogen-bond acceptors (Lipinski definition) is 6. The van der Waals surface area contributed by atoms with Crippen LogP contribution in [0.15, 0.2) is 54.6 Å². The maximum absolute atomic E-state index is 12.4. The van der Waals surface area contributed by atoms with Crippen LogP contribution in [0, 0.1) is 0 Å². The number of rotatable bonds is 8. The van der Waals surface area contributed by atoms with Crippen molar-refractivity contribution in [1.82, 2.24) is 10.6 Å². The predicted octanol–water partition coefficient (Wildman–Crippen LogP) is 3.64. The van der Waals surface area contributed by atoms with Gasteiger partial charge in [-0.1, -0.05) is 42.5 Å². The smallest absolute Gasteiger partial charge is 0.408 e. The Bertz CT molecular complexity index is 908. The van der Waals surface area contributed by atoms with Crippen LogP contribution in [0.25, 0.3) is 0 Å². The van der Waals surface area contributed by atoms with Crippen LogP contribution >= 0.6 is 0 Å². The number of carbonyl (C=O) groups excluding carboxylic acids is 2. The van der Waals surface area contributed by atoms with Gasteiger partial charge in [-0.2, -0.15) is 0 Å². The summed E-state index contributed by atoms with van der Waals surface area (Å²) in [6.45, 7) is 5.01. The molecule has 0 aromatic heterocycles. The molecule has 2 atom stereocenters. The van der Waals surface area contributed by atoms with E-state index in [-0.39, 0.29) is 6.61 Å². The normalized spacial score (nSPS) is 12.8. The SMILES string of the molecule is COc1ccc([C@@H](NC(=O)OC(C)(C)C)[C@H](NC(=O)OCc2ccccc2)C(=O)O)cc1. The average molecular weight is 444 g/mol. The molecule has 0 unspecified atom stereocenters. The summed E-state index contributed by atoms with van der Waals surface area (Å²) < 4.78 is 15.5. The zero-order valence-corrected chi connectivity index (χ0v) is 18.5. The van der Waals surface area contributed by atoms with Crippen molar-refractivity contribution in [2.45, 2.75) is 45.1 Å². The van der Waals surface area contributed by atoms with Crippen LogP contribution in [0.3, 0.4) is 0 Å². The minimum Gasteiger partial charge on any atom is -0.497 e. The van der Waals surface area contributed by atoms with E-state index in [1.54, 1.807) is 69.3 Å². The molecule has 0 heterocycles. The number of nitrogens with one attached hydrogen (secondary N) is 2. The van der Waals surface area contributed by atoms with Crippen molar-refractivity contribution in [2.24, 2.45) is 0 Å². The van der Waals surface area contributed by atoms with E-state index in [0.717, 1.165) is 5.56 Å². The van der Waals surface area contributed by atoms with Crippen molar-refractivity contribution in [2.75, 3.05) is 7.11 Å². The van der Waals surface area contributed by atoms with Crippen molar-refractivity contribution in [1.29, 1.82) is 0 Å². The fourth-order valence-corrected chi connectivity index (χ4v) is 2.78. The summed E-state index contributed by atoms with van der Waals surface area (Å²) in [5, 5.41) is 14.7. The molecule has 2 aromatic rings. The molecule has 0 fully saturated rings. The van der Waals surface area contributed by atoms with E-state index in [4.69, 9.17) is 14.2 Å². The lowest BCUT2D eigenvalue weighted by Gasteiger charge is -2.28. The van der Waals surface area contributed by atoms with E-state index in [1.165, 1.54) is 7.11 Å². The molecule has 32 heavy (non-hydrogen) atoms. The molecule has 2 aromatic carbocycles. The molecule has 2 rings (SSSR count). The summed E-state index contributed by atoms with van der Waals surface area (Å²) in [5.41, 5.74) is 0.371. The highest BCUT2D eigenvalue weighted by Crippen LogP contribution is 2.22. The molecule has 9 heteroatoms. The van der Waals surface area contributed by atoms with Crippen LogP contribution in [0.5, 0.6) is 5.75 Å². The Balaban J connectivity index is 2.21. The molecular weight excluding hydrogens is 416 g/mol.